The van der Waals surface area contributed by atoms with Gasteiger partial charge in [0.05, 0.1) is 5.41 Å². The monoisotopic (exact) mass is 342 g/mol. The summed E-state index contributed by atoms with van der Waals surface area (Å²) in [4.78, 5) is 15.6. The van der Waals surface area contributed by atoms with Crippen LogP contribution in [0, 0.1) is 11.3 Å². The molecule has 3 nitrogen and oxygen atoms in total. The van der Waals surface area contributed by atoms with Crippen LogP contribution in [0.3, 0.4) is 0 Å². The van der Waals surface area contributed by atoms with Crippen molar-refractivity contribution in [1.29, 1.82) is 0 Å². The van der Waals surface area contributed by atoms with Gasteiger partial charge in [-0.1, -0.05) is 52.8 Å². The molecule has 0 spiro atoms. The first kappa shape index (κ1) is 18.4. The molecule has 1 fully saturated rings. The van der Waals surface area contributed by atoms with Crippen LogP contribution in [0.25, 0.3) is 0 Å². The normalized spacial score (nSPS) is 26.8. The number of nitrogens with zero attached hydrogens (tertiary/aromatic N) is 1. The molecule has 2 atom stereocenters. The van der Waals surface area contributed by atoms with Crippen LogP contribution in [-0.2, 0) is 23.2 Å². The molecule has 1 saturated carbocycles. The first-order valence-corrected chi connectivity index (χ1v) is 9.81. The average Bonchev–Trinajstić information content (AvgIpc) is 2.95. The molecule has 1 amide bonds. The molecule has 138 valence electrons. The van der Waals surface area contributed by atoms with E-state index in [9.17, 15) is 4.79 Å². The second-order valence-electron chi connectivity index (χ2n) is 9.52. The average molecular weight is 343 g/mol. The Labute approximate surface area is 153 Å². The molecule has 1 aromatic rings. The van der Waals surface area contributed by atoms with Crippen molar-refractivity contribution in [3.05, 3.63) is 34.9 Å². The highest BCUT2D eigenvalue weighted by molar-refractivity contribution is 5.83. The van der Waals surface area contributed by atoms with E-state index in [1.807, 2.05) is 0 Å². The van der Waals surface area contributed by atoms with Crippen LogP contribution in [0.5, 0.6) is 0 Å². The van der Waals surface area contributed by atoms with Crippen LogP contribution in [0.2, 0.25) is 0 Å². The van der Waals surface area contributed by atoms with Crippen molar-refractivity contribution in [1.82, 2.24) is 4.90 Å². The molecule has 0 unspecified atom stereocenters. The molecular weight excluding hydrogens is 308 g/mol. The Morgan fingerprint density at radius 1 is 1.28 bits per heavy atom. The maximum atomic E-state index is 13.5. The standard InChI is InChI=1S/C22H34N2O/c1-15(2)22(10-8-19(23)13-22)20(25)24-11-9-16-6-7-18(21(3,4)5)12-17(16)14-24/h6-7,12,15,19H,8-11,13-14,23H2,1-5H3/t19-,22+/m1/s1. The lowest BCUT2D eigenvalue weighted by Crippen LogP contribution is -2.48. The Morgan fingerprint density at radius 2 is 2.00 bits per heavy atom. The van der Waals surface area contributed by atoms with Gasteiger partial charge < -0.3 is 10.6 Å². The van der Waals surface area contributed by atoms with E-state index in [1.54, 1.807) is 0 Å². The summed E-state index contributed by atoms with van der Waals surface area (Å²) in [5, 5.41) is 0. The summed E-state index contributed by atoms with van der Waals surface area (Å²) in [6.45, 7) is 12.7. The summed E-state index contributed by atoms with van der Waals surface area (Å²) in [6, 6.07) is 7.01. The fraction of sp³-hybridized carbons (Fsp3) is 0.682. The van der Waals surface area contributed by atoms with Gasteiger partial charge >= 0.3 is 0 Å². The van der Waals surface area contributed by atoms with Crippen molar-refractivity contribution in [2.24, 2.45) is 17.1 Å². The van der Waals surface area contributed by atoms with E-state index in [0.717, 1.165) is 38.8 Å². The topological polar surface area (TPSA) is 46.3 Å². The predicted molar refractivity (Wildman–Crippen MR) is 103 cm³/mol. The van der Waals surface area contributed by atoms with Crippen molar-refractivity contribution in [2.45, 2.75) is 78.3 Å². The molecule has 1 aromatic carbocycles. The Kier molecular flexibility index (Phi) is 4.74. The summed E-state index contributed by atoms with van der Waals surface area (Å²) in [5.41, 5.74) is 10.2. The van der Waals surface area contributed by atoms with Gasteiger partial charge in [-0.2, -0.15) is 0 Å². The summed E-state index contributed by atoms with van der Waals surface area (Å²) >= 11 is 0. The molecule has 1 heterocycles. The van der Waals surface area contributed by atoms with Crippen LogP contribution in [0.1, 0.15) is 70.6 Å². The Balaban J connectivity index is 1.85. The summed E-state index contributed by atoms with van der Waals surface area (Å²) < 4.78 is 0. The number of hydrogen-bond donors (Lipinski definition) is 1. The molecule has 0 bridgehead atoms. The van der Waals surface area contributed by atoms with Crippen LogP contribution >= 0.6 is 0 Å². The maximum absolute atomic E-state index is 13.5. The minimum absolute atomic E-state index is 0.138. The third kappa shape index (κ3) is 3.36. The summed E-state index contributed by atoms with van der Waals surface area (Å²) in [7, 11) is 0. The largest absolute Gasteiger partial charge is 0.338 e. The molecule has 0 radical (unpaired) electrons. The number of fused-ring (bicyclic) bond motifs is 1. The van der Waals surface area contributed by atoms with Crippen molar-refractivity contribution in [3.63, 3.8) is 0 Å². The van der Waals surface area contributed by atoms with E-state index in [0.29, 0.717) is 11.8 Å². The zero-order chi connectivity index (χ0) is 18.4. The van der Waals surface area contributed by atoms with Gasteiger partial charge in [0.2, 0.25) is 5.91 Å². The molecule has 25 heavy (non-hydrogen) atoms. The lowest BCUT2D eigenvalue weighted by Gasteiger charge is -2.40. The minimum Gasteiger partial charge on any atom is -0.338 e. The third-order valence-electron chi connectivity index (χ3n) is 6.49. The van der Waals surface area contributed by atoms with E-state index < -0.39 is 0 Å². The van der Waals surface area contributed by atoms with E-state index >= 15 is 0 Å². The lowest BCUT2D eigenvalue weighted by molar-refractivity contribution is -0.145. The highest BCUT2D eigenvalue weighted by atomic mass is 16.2. The Hall–Kier alpha value is -1.35. The Morgan fingerprint density at radius 3 is 2.56 bits per heavy atom. The molecule has 3 rings (SSSR count). The number of rotatable bonds is 2. The van der Waals surface area contributed by atoms with Gasteiger partial charge in [0.1, 0.15) is 0 Å². The number of amides is 1. The molecule has 0 aromatic heterocycles. The summed E-state index contributed by atoms with van der Waals surface area (Å²) in [5.74, 6) is 0.679. The van der Waals surface area contributed by atoms with Crippen molar-refractivity contribution in [2.75, 3.05) is 6.54 Å². The third-order valence-corrected chi connectivity index (χ3v) is 6.49. The van der Waals surface area contributed by atoms with E-state index in [4.69, 9.17) is 5.73 Å². The van der Waals surface area contributed by atoms with Gasteiger partial charge in [0, 0.05) is 19.1 Å². The fourth-order valence-electron chi connectivity index (χ4n) is 4.59. The number of benzene rings is 1. The number of carbonyl (C=O) groups excluding carboxylic acids is 1. The summed E-state index contributed by atoms with van der Waals surface area (Å²) in [6.07, 6.45) is 3.72. The van der Waals surface area contributed by atoms with E-state index in [-0.39, 0.29) is 16.9 Å². The molecule has 1 aliphatic heterocycles. The van der Waals surface area contributed by atoms with Gasteiger partial charge in [0.15, 0.2) is 0 Å². The smallest absolute Gasteiger partial charge is 0.229 e. The van der Waals surface area contributed by atoms with Crippen LogP contribution in [0.4, 0.5) is 0 Å². The molecule has 2 N–H and O–H groups in total. The fourth-order valence-corrected chi connectivity index (χ4v) is 4.59. The number of nitrogens with two attached hydrogens (primary N) is 1. The van der Waals surface area contributed by atoms with Gasteiger partial charge in [0.25, 0.3) is 0 Å². The van der Waals surface area contributed by atoms with Gasteiger partial charge in [-0.15, -0.1) is 0 Å². The second kappa shape index (κ2) is 6.42. The molecule has 0 saturated heterocycles. The van der Waals surface area contributed by atoms with Gasteiger partial charge in [-0.25, -0.2) is 0 Å². The highest BCUT2D eigenvalue weighted by Crippen LogP contribution is 2.46. The Bertz CT molecular complexity index is 658. The lowest BCUT2D eigenvalue weighted by atomic mass is 9.73. The first-order valence-electron chi connectivity index (χ1n) is 9.81. The molecule has 1 aliphatic carbocycles. The minimum atomic E-state index is -0.251. The van der Waals surface area contributed by atoms with Crippen molar-refractivity contribution in [3.8, 4) is 0 Å². The molecule has 3 heteroatoms. The number of carbonyl (C=O) groups is 1. The van der Waals surface area contributed by atoms with Crippen molar-refractivity contribution >= 4 is 5.91 Å². The SMILES string of the molecule is CC(C)[C@]1(C(=O)N2CCc3ccc(C(C)(C)C)cc3C2)CC[C@@H](N)C1. The van der Waals surface area contributed by atoms with Crippen LogP contribution in [-0.4, -0.2) is 23.4 Å². The quantitative estimate of drug-likeness (QED) is 0.882. The van der Waals surface area contributed by atoms with E-state index in [1.165, 1.54) is 16.7 Å². The predicted octanol–water partition coefficient (Wildman–Crippen LogP) is 4.02. The highest BCUT2D eigenvalue weighted by Gasteiger charge is 2.48. The molecule has 2 aliphatic rings. The number of hydrogen-bond acceptors (Lipinski definition) is 2. The maximum Gasteiger partial charge on any atom is 0.229 e. The first-order chi connectivity index (χ1) is 11.6. The zero-order valence-corrected chi connectivity index (χ0v) is 16.6. The van der Waals surface area contributed by atoms with Crippen LogP contribution < -0.4 is 5.73 Å². The van der Waals surface area contributed by atoms with E-state index in [2.05, 4.69) is 57.7 Å². The van der Waals surface area contributed by atoms with Crippen molar-refractivity contribution < 1.29 is 4.79 Å². The van der Waals surface area contributed by atoms with Gasteiger partial charge in [-0.3, -0.25) is 4.79 Å². The van der Waals surface area contributed by atoms with Crippen LogP contribution in [0.15, 0.2) is 18.2 Å². The van der Waals surface area contributed by atoms with Gasteiger partial charge in [-0.05, 0) is 53.7 Å². The molecular formula is C22H34N2O. The second-order valence-corrected chi connectivity index (χ2v) is 9.52. The zero-order valence-electron chi connectivity index (χ0n) is 16.6.